The third-order valence-electron chi connectivity index (χ3n) is 3.79. The van der Waals surface area contributed by atoms with Crippen LogP contribution in [-0.2, 0) is 18.3 Å². The molecule has 0 bridgehead atoms. The number of nitrogens with one attached hydrogen (secondary N) is 2. The lowest BCUT2D eigenvalue weighted by molar-refractivity contribution is 0.0405. The lowest BCUT2D eigenvalue weighted by atomic mass is 10.3. The van der Waals surface area contributed by atoms with Crippen LogP contribution in [0.25, 0.3) is 11.2 Å². The Morgan fingerprint density at radius 1 is 1.46 bits per heavy atom. The van der Waals surface area contributed by atoms with Gasteiger partial charge in [-0.1, -0.05) is 6.08 Å². The molecule has 2 rings (SSSR count). The standard InChI is InChI=1S/C16H26N6O4/c1-5-8-26-10-11(23)9-22-12-13(21(4)16(25)19-14(12)24)18-15(22)17-6-7-20(2)3/h5,11,23H,1,6-10H2,2-4H3,(H,17,18)(H,19,24,25). The summed E-state index contributed by atoms with van der Waals surface area (Å²) < 4.78 is 8.10. The van der Waals surface area contributed by atoms with Gasteiger partial charge in [0.1, 0.15) is 0 Å². The number of rotatable bonds is 10. The zero-order valence-electron chi connectivity index (χ0n) is 15.4. The van der Waals surface area contributed by atoms with E-state index in [0.717, 1.165) is 6.54 Å². The van der Waals surface area contributed by atoms with Gasteiger partial charge < -0.3 is 24.6 Å². The van der Waals surface area contributed by atoms with Crippen molar-refractivity contribution in [3.8, 4) is 0 Å². The van der Waals surface area contributed by atoms with E-state index in [1.165, 1.54) is 11.6 Å². The number of aromatic amines is 1. The van der Waals surface area contributed by atoms with Crippen LogP contribution in [0.2, 0.25) is 0 Å². The van der Waals surface area contributed by atoms with Gasteiger partial charge in [-0.2, -0.15) is 4.98 Å². The van der Waals surface area contributed by atoms with Crippen molar-refractivity contribution in [3.63, 3.8) is 0 Å². The molecule has 0 fully saturated rings. The molecule has 144 valence electrons. The number of H-pyrrole nitrogens is 1. The number of likely N-dealkylation sites (N-methyl/N-ethyl adjacent to an activating group) is 1. The second kappa shape index (κ2) is 8.79. The summed E-state index contributed by atoms with van der Waals surface area (Å²) in [5, 5.41) is 13.4. The molecule has 26 heavy (non-hydrogen) atoms. The van der Waals surface area contributed by atoms with Crippen LogP contribution in [0, 0.1) is 0 Å². The summed E-state index contributed by atoms with van der Waals surface area (Å²) >= 11 is 0. The molecule has 0 saturated heterocycles. The molecule has 10 heteroatoms. The number of hydrogen-bond donors (Lipinski definition) is 3. The first-order valence-corrected chi connectivity index (χ1v) is 8.30. The molecule has 0 aliphatic heterocycles. The molecular formula is C16H26N6O4. The van der Waals surface area contributed by atoms with Gasteiger partial charge in [0.15, 0.2) is 11.2 Å². The highest BCUT2D eigenvalue weighted by Crippen LogP contribution is 2.16. The molecule has 2 aromatic rings. The Morgan fingerprint density at radius 2 is 2.19 bits per heavy atom. The molecule has 0 amide bonds. The lowest BCUT2D eigenvalue weighted by Gasteiger charge is -2.16. The molecule has 0 spiro atoms. The third kappa shape index (κ3) is 4.59. The largest absolute Gasteiger partial charge is 0.389 e. The zero-order chi connectivity index (χ0) is 19.3. The second-order valence-corrected chi connectivity index (χ2v) is 6.25. The van der Waals surface area contributed by atoms with Crippen molar-refractivity contribution in [2.24, 2.45) is 7.05 Å². The second-order valence-electron chi connectivity index (χ2n) is 6.25. The Hall–Kier alpha value is -2.43. The fraction of sp³-hybridized carbons (Fsp3) is 0.562. The number of nitrogens with zero attached hydrogens (tertiary/aromatic N) is 4. The highest BCUT2D eigenvalue weighted by atomic mass is 16.5. The van der Waals surface area contributed by atoms with Crippen LogP contribution < -0.4 is 16.6 Å². The van der Waals surface area contributed by atoms with Gasteiger partial charge in [-0.25, -0.2) is 4.79 Å². The van der Waals surface area contributed by atoms with E-state index in [1.54, 1.807) is 10.6 Å². The van der Waals surface area contributed by atoms with E-state index < -0.39 is 17.4 Å². The Balaban J connectivity index is 2.39. The van der Waals surface area contributed by atoms with E-state index in [0.29, 0.717) is 19.1 Å². The summed E-state index contributed by atoms with van der Waals surface area (Å²) in [5.41, 5.74) is -0.607. The van der Waals surface area contributed by atoms with Gasteiger partial charge in [0.2, 0.25) is 5.95 Å². The predicted molar refractivity (Wildman–Crippen MR) is 99.7 cm³/mol. The first kappa shape index (κ1) is 19.9. The topological polar surface area (TPSA) is 117 Å². The average molecular weight is 366 g/mol. The zero-order valence-corrected chi connectivity index (χ0v) is 15.4. The number of aryl methyl sites for hydroxylation is 1. The van der Waals surface area contributed by atoms with Crippen molar-refractivity contribution in [1.82, 2.24) is 24.0 Å². The van der Waals surface area contributed by atoms with Crippen molar-refractivity contribution in [3.05, 3.63) is 33.5 Å². The normalized spacial score (nSPS) is 12.7. The maximum atomic E-state index is 12.3. The minimum Gasteiger partial charge on any atom is -0.389 e. The molecule has 3 N–H and O–H groups in total. The van der Waals surface area contributed by atoms with Crippen LogP contribution in [0.4, 0.5) is 5.95 Å². The van der Waals surface area contributed by atoms with E-state index >= 15 is 0 Å². The van der Waals surface area contributed by atoms with E-state index in [4.69, 9.17) is 4.74 Å². The number of ether oxygens (including phenoxy) is 1. The van der Waals surface area contributed by atoms with Gasteiger partial charge >= 0.3 is 5.69 Å². The summed E-state index contributed by atoms with van der Waals surface area (Å²) in [5.74, 6) is 0.413. The Labute approximate surface area is 150 Å². The van der Waals surface area contributed by atoms with Crippen molar-refractivity contribution < 1.29 is 9.84 Å². The summed E-state index contributed by atoms with van der Waals surface area (Å²) in [4.78, 5) is 32.8. The minimum absolute atomic E-state index is 0.0898. The number of hydrogen-bond acceptors (Lipinski definition) is 7. The van der Waals surface area contributed by atoms with Gasteiger partial charge in [-0.3, -0.25) is 14.3 Å². The third-order valence-corrected chi connectivity index (χ3v) is 3.79. The number of aliphatic hydroxyl groups is 1. The number of imidazole rings is 1. The fourth-order valence-electron chi connectivity index (χ4n) is 2.49. The van der Waals surface area contributed by atoms with E-state index in [-0.39, 0.29) is 24.3 Å². The average Bonchev–Trinajstić information content (AvgIpc) is 2.92. The van der Waals surface area contributed by atoms with Crippen molar-refractivity contribution in [2.45, 2.75) is 12.6 Å². The molecule has 1 atom stereocenters. The highest BCUT2D eigenvalue weighted by Gasteiger charge is 2.19. The molecular weight excluding hydrogens is 340 g/mol. The molecule has 1 unspecified atom stereocenters. The molecule has 0 aliphatic rings. The van der Waals surface area contributed by atoms with Crippen LogP contribution in [0.15, 0.2) is 22.2 Å². The number of fused-ring (bicyclic) bond motifs is 1. The summed E-state index contributed by atoms with van der Waals surface area (Å²) in [7, 11) is 5.42. The van der Waals surface area contributed by atoms with Gasteiger partial charge in [0.25, 0.3) is 5.56 Å². The molecule has 10 nitrogen and oxygen atoms in total. The maximum Gasteiger partial charge on any atom is 0.329 e. The van der Waals surface area contributed by atoms with Gasteiger partial charge in [0, 0.05) is 20.1 Å². The molecule has 2 aromatic heterocycles. The number of aliphatic hydroxyl groups excluding tert-OH is 1. The maximum absolute atomic E-state index is 12.3. The first-order chi connectivity index (χ1) is 12.3. The van der Waals surface area contributed by atoms with E-state index in [2.05, 4.69) is 21.9 Å². The Bertz CT molecular complexity index is 866. The molecule has 0 radical (unpaired) electrons. The quantitative estimate of drug-likeness (QED) is 0.363. The predicted octanol–water partition coefficient (Wildman–Crippen LogP) is -1.04. The van der Waals surface area contributed by atoms with Gasteiger partial charge in [-0.15, -0.1) is 6.58 Å². The smallest absolute Gasteiger partial charge is 0.329 e. The van der Waals surface area contributed by atoms with E-state index in [1.807, 2.05) is 19.0 Å². The molecule has 0 saturated carbocycles. The summed E-state index contributed by atoms with van der Waals surface area (Å²) in [6, 6.07) is 0. The number of aromatic nitrogens is 4. The Morgan fingerprint density at radius 3 is 2.85 bits per heavy atom. The summed E-state index contributed by atoms with van der Waals surface area (Å²) in [6.07, 6.45) is 0.743. The van der Waals surface area contributed by atoms with Gasteiger partial charge in [0.05, 0.1) is 25.9 Å². The Kier molecular flexibility index (Phi) is 6.72. The van der Waals surface area contributed by atoms with Crippen molar-refractivity contribution >= 4 is 17.1 Å². The van der Waals surface area contributed by atoms with Crippen molar-refractivity contribution in [1.29, 1.82) is 0 Å². The number of anilines is 1. The van der Waals surface area contributed by atoms with Gasteiger partial charge in [-0.05, 0) is 14.1 Å². The highest BCUT2D eigenvalue weighted by molar-refractivity contribution is 5.74. The molecule has 2 heterocycles. The molecule has 0 aromatic carbocycles. The SMILES string of the molecule is C=CCOCC(O)Cn1c(NCCN(C)C)nc2c1c(=O)[nH]c(=O)n2C. The fourth-order valence-corrected chi connectivity index (χ4v) is 2.49. The van der Waals surface area contributed by atoms with Crippen LogP contribution >= 0.6 is 0 Å². The van der Waals surface area contributed by atoms with E-state index in [9.17, 15) is 14.7 Å². The lowest BCUT2D eigenvalue weighted by Crippen LogP contribution is -2.30. The first-order valence-electron chi connectivity index (χ1n) is 8.30. The van der Waals surface area contributed by atoms with Crippen molar-refractivity contribution in [2.75, 3.05) is 45.7 Å². The van der Waals surface area contributed by atoms with Crippen LogP contribution in [-0.4, -0.2) is 75.6 Å². The molecule has 0 aliphatic carbocycles. The monoisotopic (exact) mass is 366 g/mol. The van der Waals surface area contributed by atoms with Crippen LogP contribution in [0.3, 0.4) is 0 Å². The van der Waals surface area contributed by atoms with Crippen LogP contribution in [0.1, 0.15) is 0 Å². The minimum atomic E-state index is -0.849. The summed E-state index contributed by atoms with van der Waals surface area (Å²) in [6.45, 7) is 5.40. The van der Waals surface area contributed by atoms with Crippen LogP contribution in [0.5, 0.6) is 0 Å².